The molecule has 1 atom stereocenters. The summed E-state index contributed by atoms with van der Waals surface area (Å²) in [7, 11) is 0. The van der Waals surface area contributed by atoms with Crippen LogP contribution in [0.3, 0.4) is 0 Å². The van der Waals surface area contributed by atoms with Gasteiger partial charge in [-0.05, 0) is 25.8 Å². The van der Waals surface area contributed by atoms with Crippen LogP contribution in [-0.4, -0.2) is 48.3 Å². The van der Waals surface area contributed by atoms with E-state index in [4.69, 9.17) is 9.47 Å². The number of piperidine rings is 1. The number of likely N-dealkylation sites (tertiary alicyclic amines) is 1. The van der Waals surface area contributed by atoms with Crippen molar-refractivity contribution in [1.82, 2.24) is 4.90 Å². The number of nitrogens with zero attached hydrogens (tertiary/aromatic N) is 2. The fourth-order valence-corrected chi connectivity index (χ4v) is 3.31. The molecule has 2 heterocycles. The van der Waals surface area contributed by atoms with Gasteiger partial charge >= 0.3 is 0 Å². The third-order valence-electron chi connectivity index (χ3n) is 4.43. The van der Waals surface area contributed by atoms with Crippen LogP contribution in [0.5, 0.6) is 0 Å². The summed E-state index contributed by atoms with van der Waals surface area (Å²) in [4.78, 5) is 25.3. The van der Waals surface area contributed by atoms with E-state index in [1.807, 2.05) is 0 Å². The maximum atomic E-state index is 12.8. The Balaban J connectivity index is 1.80. The quantitative estimate of drug-likeness (QED) is 0.629. The molecular formula is C16H20N2O5. The molecule has 0 saturated carbocycles. The zero-order valence-electron chi connectivity index (χ0n) is 13.1. The molecule has 23 heavy (non-hydrogen) atoms. The fraction of sp³-hybridized carbons (Fsp3) is 0.562. The van der Waals surface area contributed by atoms with Crippen molar-refractivity contribution in [2.75, 3.05) is 26.3 Å². The van der Waals surface area contributed by atoms with Crippen LogP contribution >= 0.6 is 0 Å². The van der Waals surface area contributed by atoms with Crippen LogP contribution in [0.15, 0.2) is 18.2 Å². The summed E-state index contributed by atoms with van der Waals surface area (Å²) in [6.07, 6.45) is 1.52. The molecule has 2 fully saturated rings. The van der Waals surface area contributed by atoms with Gasteiger partial charge in [0.2, 0.25) is 0 Å². The molecule has 0 spiro atoms. The summed E-state index contributed by atoms with van der Waals surface area (Å²) < 4.78 is 11.1. The standard InChI is InChI=1S/C16H20N2O5/c1-11-4-2-6-13(14(11)18(20)21)15(19)17-7-3-5-12(10-17)16-22-8-9-23-16/h2,4,6,12,16H,3,5,7-10H2,1H3/t12-/m0/s1. The second-order valence-electron chi connectivity index (χ2n) is 5.99. The molecule has 7 nitrogen and oxygen atoms in total. The first-order valence-corrected chi connectivity index (χ1v) is 7.84. The van der Waals surface area contributed by atoms with E-state index < -0.39 is 4.92 Å². The van der Waals surface area contributed by atoms with E-state index in [9.17, 15) is 14.9 Å². The van der Waals surface area contributed by atoms with Gasteiger partial charge in [0.05, 0.1) is 18.1 Å². The Bertz CT molecular complexity index is 612. The molecule has 2 aliphatic heterocycles. The lowest BCUT2D eigenvalue weighted by Crippen LogP contribution is -2.44. The predicted molar refractivity (Wildman–Crippen MR) is 82.2 cm³/mol. The van der Waals surface area contributed by atoms with Crippen molar-refractivity contribution in [3.63, 3.8) is 0 Å². The lowest BCUT2D eigenvalue weighted by molar-refractivity contribution is -0.385. The van der Waals surface area contributed by atoms with Gasteiger partial charge in [0.1, 0.15) is 5.56 Å². The van der Waals surface area contributed by atoms with Gasteiger partial charge in [-0.1, -0.05) is 12.1 Å². The molecule has 0 radical (unpaired) electrons. The van der Waals surface area contributed by atoms with Gasteiger partial charge in [0, 0.05) is 24.6 Å². The van der Waals surface area contributed by atoms with E-state index in [0.29, 0.717) is 31.9 Å². The van der Waals surface area contributed by atoms with E-state index in [-0.39, 0.29) is 29.4 Å². The van der Waals surface area contributed by atoms with Gasteiger partial charge < -0.3 is 14.4 Å². The number of carbonyl (C=O) groups is 1. The monoisotopic (exact) mass is 320 g/mol. The molecule has 124 valence electrons. The number of hydrogen-bond acceptors (Lipinski definition) is 5. The van der Waals surface area contributed by atoms with Crippen LogP contribution < -0.4 is 0 Å². The van der Waals surface area contributed by atoms with Crippen molar-refractivity contribution >= 4 is 11.6 Å². The molecular weight excluding hydrogens is 300 g/mol. The van der Waals surface area contributed by atoms with Crippen molar-refractivity contribution in [2.24, 2.45) is 5.92 Å². The first-order chi connectivity index (χ1) is 11.1. The zero-order chi connectivity index (χ0) is 16.4. The Morgan fingerprint density at radius 1 is 1.35 bits per heavy atom. The Kier molecular flexibility index (Phi) is 4.58. The van der Waals surface area contributed by atoms with Gasteiger partial charge in [0.15, 0.2) is 6.29 Å². The summed E-state index contributed by atoms with van der Waals surface area (Å²) >= 11 is 0. The average molecular weight is 320 g/mol. The second kappa shape index (κ2) is 6.64. The number of ether oxygens (including phenoxy) is 2. The molecule has 1 aromatic carbocycles. The largest absolute Gasteiger partial charge is 0.350 e. The topological polar surface area (TPSA) is 81.9 Å². The number of aryl methyl sites for hydroxylation is 1. The van der Waals surface area contributed by atoms with Gasteiger partial charge in [-0.15, -0.1) is 0 Å². The molecule has 0 N–H and O–H groups in total. The zero-order valence-corrected chi connectivity index (χ0v) is 13.1. The highest BCUT2D eigenvalue weighted by atomic mass is 16.7. The molecule has 1 amide bonds. The number of rotatable bonds is 3. The molecule has 0 aromatic heterocycles. The first kappa shape index (κ1) is 15.9. The molecule has 1 aromatic rings. The third-order valence-corrected chi connectivity index (χ3v) is 4.43. The summed E-state index contributed by atoms with van der Waals surface area (Å²) in [5.74, 6) is -0.165. The van der Waals surface area contributed by atoms with E-state index in [2.05, 4.69) is 0 Å². The Morgan fingerprint density at radius 2 is 2.09 bits per heavy atom. The molecule has 2 saturated heterocycles. The fourth-order valence-electron chi connectivity index (χ4n) is 3.31. The van der Waals surface area contributed by atoms with Crippen molar-refractivity contribution in [3.8, 4) is 0 Å². The van der Waals surface area contributed by atoms with Gasteiger partial charge in [0.25, 0.3) is 11.6 Å². The highest BCUT2D eigenvalue weighted by molar-refractivity contribution is 5.98. The van der Waals surface area contributed by atoms with Crippen molar-refractivity contribution < 1.29 is 19.2 Å². The number of para-hydroxylation sites is 1. The number of benzene rings is 1. The lowest BCUT2D eigenvalue weighted by atomic mass is 9.96. The van der Waals surface area contributed by atoms with Crippen LogP contribution in [0, 0.1) is 23.0 Å². The smallest absolute Gasteiger partial charge is 0.285 e. The molecule has 3 rings (SSSR count). The predicted octanol–water partition coefficient (Wildman–Crippen LogP) is 2.13. The number of amides is 1. The molecule has 7 heteroatoms. The van der Waals surface area contributed by atoms with Crippen molar-refractivity contribution in [2.45, 2.75) is 26.1 Å². The molecule has 0 bridgehead atoms. The van der Waals surface area contributed by atoms with E-state index in [1.54, 1.807) is 24.0 Å². The van der Waals surface area contributed by atoms with Crippen LogP contribution in [-0.2, 0) is 9.47 Å². The SMILES string of the molecule is Cc1cccc(C(=O)N2CCC[C@H](C3OCCO3)C2)c1[N+](=O)[O-]. The van der Waals surface area contributed by atoms with E-state index in [1.165, 1.54) is 6.07 Å². The first-order valence-electron chi connectivity index (χ1n) is 7.84. The summed E-state index contributed by atoms with van der Waals surface area (Å²) in [5, 5.41) is 11.3. The second-order valence-corrected chi connectivity index (χ2v) is 5.99. The van der Waals surface area contributed by atoms with Crippen molar-refractivity contribution in [3.05, 3.63) is 39.4 Å². The van der Waals surface area contributed by atoms with Crippen LogP contribution in [0.1, 0.15) is 28.8 Å². The van der Waals surface area contributed by atoms with E-state index in [0.717, 1.165) is 12.8 Å². The number of carbonyl (C=O) groups excluding carboxylic acids is 1. The lowest BCUT2D eigenvalue weighted by Gasteiger charge is -2.34. The maximum absolute atomic E-state index is 12.8. The van der Waals surface area contributed by atoms with Gasteiger partial charge in [-0.3, -0.25) is 14.9 Å². The van der Waals surface area contributed by atoms with E-state index >= 15 is 0 Å². The van der Waals surface area contributed by atoms with Crippen LogP contribution in [0.4, 0.5) is 5.69 Å². The minimum Gasteiger partial charge on any atom is -0.350 e. The van der Waals surface area contributed by atoms with Crippen LogP contribution in [0.2, 0.25) is 0 Å². The molecule has 0 unspecified atom stereocenters. The third kappa shape index (κ3) is 3.20. The molecule has 0 aliphatic carbocycles. The van der Waals surface area contributed by atoms with Crippen LogP contribution in [0.25, 0.3) is 0 Å². The Morgan fingerprint density at radius 3 is 2.78 bits per heavy atom. The number of nitro groups is 1. The van der Waals surface area contributed by atoms with Gasteiger partial charge in [-0.2, -0.15) is 0 Å². The minimum atomic E-state index is -0.479. The Labute approximate surface area is 134 Å². The Hall–Kier alpha value is -1.99. The van der Waals surface area contributed by atoms with Crippen molar-refractivity contribution in [1.29, 1.82) is 0 Å². The highest BCUT2D eigenvalue weighted by Crippen LogP contribution is 2.29. The number of nitro benzene ring substituents is 1. The van der Waals surface area contributed by atoms with Gasteiger partial charge in [-0.25, -0.2) is 0 Å². The molecule has 2 aliphatic rings. The maximum Gasteiger partial charge on any atom is 0.285 e. The summed E-state index contributed by atoms with van der Waals surface area (Å²) in [6.45, 7) is 3.92. The normalized spacial score (nSPS) is 22.3. The average Bonchev–Trinajstić information content (AvgIpc) is 3.08. The number of hydrogen-bond donors (Lipinski definition) is 0. The minimum absolute atomic E-state index is 0.104. The highest BCUT2D eigenvalue weighted by Gasteiger charge is 2.34. The summed E-state index contributed by atoms with van der Waals surface area (Å²) in [5.41, 5.74) is 0.550. The summed E-state index contributed by atoms with van der Waals surface area (Å²) in [6, 6.07) is 4.86.